The van der Waals surface area contributed by atoms with Crippen LogP contribution in [0.4, 0.5) is 5.95 Å². The second kappa shape index (κ2) is 8.12. The summed E-state index contributed by atoms with van der Waals surface area (Å²) in [6.45, 7) is 4.53. The molecular formula is C19H24N6O3. The van der Waals surface area contributed by atoms with Crippen LogP contribution in [-0.4, -0.2) is 31.9 Å². The lowest BCUT2D eigenvalue weighted by Crippen LogP contribution is -2.29. The standard InChI is InChI=1S/C19H24N6O3/c1-5-6-11-25-15-16(24(3)19(27)21-17(15)26)20-18(25)23-22-12(2)13-7-9-14(28-4)10-8-13/h7-10H,5-6,11H2,1-4H3,(H,20,23)(H,21,26,27)/b22-12+. The van der Waals surface area contributed by atoms with E-state index in [2.05, 4.69) is 27.4 Å². The Morgan fingerprint density at radius 3 is 2.64 bits per heavy atom. The number of aromatic nitrogens is 4. The van der Waals surface area contributed by atoms with Crippen LogP contribution in [0, 0.1) is 0 Å². The van der Waals surface area contributed by atoms with Crippen molar-refractivity contribution in [3.63, 3.8) is 0 Å². The lowest BCUT2D eigenvalue weighted by Gasteiger charge is -2.08. The van der Waals surface area contributed by atoms with Gasteiger partial charge in [0, 0.05) is 13.6 Å². The molecule has 28 heavy (non-hydrogen) atoms. The molecule has 2 aromatic heterocycles. The molecule has 0 radical (unpaired) electrons. The molecule has 0 saturated carbocycles. The number of benzene rings is 1. The Hall–Kier alpha value is -3.36. The van der Waals surface area contributed by atoms with Crippen LogP contribution in [0.5, 0.6) is 5.75 Å². The first-order valence-corrected chi connectivity index (χ1v) is 9.10. The van der Waals surface area contributed by atoms with Gasteiger partial charge in [-0.15, -0.1) is 0 Å². The molecule has 0 aliphatic carbocycles. The van der Waals surface area contributed by atoms with Crippen molar-refractivity contribution in [2.45, 2.75) is 33.2 Å². The van der Waals surface area contributed by atoms with Crippen molar-refractivity contribution < 1.29 is 4.74 Å². The van der Waals surface area contributed by atoms with Crippen LogP contribution in [0.15, 0.2) is 39.0 Å². The molecule has 0 aliphatic rings. The van der Waals surface area contributed by atoms with Crippen LogP contribution in [-0.2, 0) is 13.6 Å². The summed E-state index contributed by atoms with van der Waals surface area (Å²) < 4.78 is 8.26. The molecule has 2 N–H and O–H groups in total. The van der Waals surface area contributed by atoms with Crippen LogP contribution in [0.1, 0.15) is 32.3 Å². The normalized spacial score (nSPS) is 11.8. The minimum absolute atomic E-state index is 0.324. The second-order valence-electron chi connectivity index (χ2n) is 6.47. The number of hydrogen-bond donors (Lipinski definition) is 2. The van der Waals surface area contributed by atoms with E-state index in [1.54, 1.807) is 18.7 Å². The summed E-state index contributed by atoms with van der Waals surface area (Å²) in [5.74, 6) is 1.19. The van der Waals surface area contributed by atoms with E-state index in [0.717, 1.165) is 29.9 Å². The van der Waals surface area contributed by atoms with Crippen LogP contribution < -0.4 is 21.4 Å². The fourth-order valence-corrected chi connectivity index (χ4v) is 2.88. The van der Waals surface area contributed by atoms with Crippen molar-refractivity contribution in [1.29, 1.82) is 0 Å². The lowest BCUT2D eigenvalue weighted by molar-refractivity contribution is 0.415. The minimum Gasteiger partial charge on any atom is -0.497 e. The van der Waals surface area contributed by atoms with Gasteiger partial charge in [0.05, 0.1) is 12.8 Å². The first-order chi connectivity index (χ1) is 13.5. The summed E-state index contributed by atoms with van der Waals surface area (Å²) in [6.07, 6.45) is 1.82. The highest BCUT2D eigenvalue weighted by Gasteiger charge is 2.16. The molecule has 9 nitrogen and oxygen atoms in total. The van der Waals surface area contributed by atoms with E-state index in [4.69, 9.17) is 4.74 Å². The Balaban J connectivity index is 2.01. The van der Waals surface area contributed by atoms with Crippen LogP contribution >= 0.6 is 0 Å². The smallest absolute Gasteiger partial charge is 0.329 e. The molecular weight excluding hydrogens is 360 g/mol. The van der Waals surface area contributed by atoms with Crippen LogP contribution in [0.2, 0.25) is 0 Å². The third-order valence-electron chi connectivity index (χ3n) is 4.57. The highest BCUT2D eigenvalue weighted by atomic mass is 16.5. The predicted octanol–water partition coefficient (Wildman–Crippen LogP) is 2.07. The summed E-state index contributed by atoms with van der Waals surface area (Å²) in [7, 11) is 3.20. The fraction of sp³-hybridized carbons (Fsp3) is 0.368. The Kier molecular flexibility index (Phi) is 5.62. The molecule has 0 saturated heterocycles. The van der Waals surface area contributed by atoms with Crippen molar-refractivity contribution >= 4 is 22.8 Å². The Labute approximate surface area is 161 Å². The number of hydrogen-bond acceptors (Lipinski definition) is 6. The molecule has 1 aromatic carbocycles. The van der Waals surface area contributed by atoms with E-state index in [-0.39, 0.29) is 0 Å². The Bertz CT molecular complexity index is 1120. The number of anilines is 1. The van der Waals surface area contributed by atoms with Gasteiger partial charge in [-0.3, -0.25) is 14.3 Å². The van der Waals surface area contributed by atoms with Gasteiger partial charge >= 0.3 is 5.69 Å². The molecule has 0 bridgehead atoms. The van der Waals surface area contributed by atoms with Crippen molar-refractivity contribution in [2.75, 3.05) is 12.5 Å². The molecule has 0 spiro atoms. The average molecular weight is 384 g/mol. The number of fused-ring (bicyclic) bond motifs is 1. The van der Waals surface area contributed by atoms with E-state index < -0.39 is 11.2 Å². The summed E-state index contributed by atoms with van der Waals surface area (Å²) >= 11 is 0. The van der Waals surface area contributed by atoms with E-state index in [0.29, 0.717) is 23.7 Å². The molecule has 9 heteroatoms. The highest BCUT2D eigenvalue weighted by molar-refractivity contribution is 5.99. The van der Waals surface area contributed by atoms with Gasteiger partial charge < -0.3 is 9.30 Å². The number of H-pyrrole nitrogens is 1. The van der Waals surface area contributed by atoms with Crippen molar-refractivity contribution in [1.82, 2.24) is 19.1 Å². The molecule has 0 fully saturated rings. The summed E-state index contributed by atoms with van der Waals surface area (Å²) in [6, 6.07) is 7.54. The Morgan fingerprint density at radius 2 is 2.00 bits per heavy atom. The van der Waals surface area contributed by atoms with Gasteiger partial charge in [0.2, 0.25) is 5.95 Å². The summed E-state index contributed by atoms with van der Waals surface area (Å²) in [5.41, 5.74) is 4.36. The second-order valence-corrected chi connectivity index (χ2v) is 6.47. The highest BCUT2D eigenvalue weighted by Crippen LogP contribution is 2.17. The van der Waals surface area contributed by atoms with E-state index in [1.165, 1.54) is 4.57 Å². The van der Waals surface area contributed by atoms with E-state index >= 15 is 0 Å². The number of ether oxygens (including phenoxy) is 1. The third-order valence-corrected chi connectivity index (χ3v) is 4.57. The average Bonchev–Trinajstić information content (AvgIpc) is 3.07. The SMILES string of the molecule is CCCCn1c(N/N=C(\C)c2ccc(OC)cc2)nc2c1c(=O)[nH]c(=O)n2C. The molecule has 0 aliphatic heterocycles. The van der Waals surface area contributed by atoms with Crippen LogP contribution in [0.25, 0.3) is 11.2 Å². The maximum absolute atomic E-state index is 12.4. The molecule has 148 valence electrons. The third kappa shape index (κ3) is 3.68. The van der Waals surface area contributed by atoms with Crippen LogP contribution in [0.3, 0.4) is 0 Å². The summed E-state index contributed by atoms with van der Waals surface area (Å²) in [5, 5.41) is 4.41. The number of imidazole rings is 1. The quantitative estimate of drug-likeness (QED) is 0.479. The van der Waals surface area contributed by atoms with Gasteiger partial charge in [-0.25, -0.2) is 10.2 Å². The number of aryl methyl sites for hydroxylation is 2. The van der Waals surface area contributed by atoms with E-state index in [9.17, 15) is 9.59 Å². The summed E-state index contributed by atoms with van der Waals surface area (Å²) in [4.78, 5) is 31.0. The largest absolute Gasteiger partial charge is 0.497 e. The number of hydrazone groups is 1. The molecule has 3 aromatic rings. The monoisotopic (exact) mass is 384 g/mol. The Morgan fingerprint density at radius 1 is 1.29 bits per heavy atom. The zero-order valence-corrected chi connectivity index (χ0v) is 16.4. The molecule has 2 heterocycles. The number of nitrogens with one attached hydrogen (secondary N) is 2. The number of aromatic amines is 1. The zero-order valence-electron chi connectivity index (χ0n) is 16.4. The van der Waals surface area contributed by atoms with Gasteiger partial charge in [0.15, 0.2) is 11.2 Å². The fourth-order valence-electron chi connectivity index (χ4n) is 2.88. The maximum Gasteiger partial charge on any atom is 0.329 e. The van der Waals surface area contributed by atoms with Gasteiger partial charge in [-0.1, -0.05) is 13.3 Å². The predicted molar refractivity (Wildman–Crippen MR) is 109 cm³/mol. The lowest BCUT2D eigenvalue weighted by atomic mass is 10.1. The maximum atomic E-state index is 12.4. The molecule has 0 atom stereocenters. The van der Waals surface area contributed by atoms with Gasteiger partial charge in [0.25, 0.3) is 5.56 Å². The number of rotatable bonds is 7. The topological polar surface area (TPSA) is 106 Å². The van der Waals surface area contributed by atoms with E-state index in [1.807, 2.05) is 31.2 Å². The molecule has 0 unspecified atom stereocenters. The van der Waals surface area contributed by atoms with Gasteiger partial charge in [-0.2, -0.15) is 10.1 Å². The van der Waals surface area contributed by atoms with Gasteiger partial charge in [-0.05, 0) is 43.2 Å². The van der Waals surface area contributed by atoms with Crippen molar-refractivity contribution in [3.05, 3.63) is 50.7 Å². The first kappa shape index (κ1) is 19.4. The van der Waals surface area contributed by atoms with Crippen molar-refractivity contribution in [3.8, 4) is 5.75 Å². The first-order valence-electron chi connectivity index (χ1n) is 9.10. The number of unbranched alkanes of at least 4 members (excludes halogenated alkanes) is 1. The minimum atomic E-state index is -0.498. The molecule has 3 rings (SSSR count). The van der Waals surface area contributed by atoms with Crippen molar-refractivity contribution in [2.24, 2.45) is 12.1 Å². The number of nitrogens with zero attached hydrogens (tertiary/aromatic N) is 4. The molecule has 0 amide bonds. The zero-order chi connectivity index (χ0) is 20.3. The van der Waals surface area contributed by atoms with Gasteiger partial charge in [0.1, 0.15) is 5.75 Å². The number of methoxy groups -OCH3 is 1.